The van der Waals surface area contributed by atoms with Gasteiger partial charge in [0, 0.05) is 29.8 Å². The van der Waals surface area contributed by atoms with Gasteiger partial charge in [-0.2, -0.15) is 0 Å². The quantitative estimate of drug-likeness (QED) is 0.932. The fourth-order valence-corrected chi connectivity index (χ4v) is 4.28. The number of halogens is 1. The molecule has 2 heterocycles. The topological polar surface area (TPSA) is 32.5 Å². The number of hydrogen-bond acceptors (Lipinski definition) is 3. The maximum Gasteiger partial charge on any atom is 0.0410 e. The fraction of sp³-hybridized carbons (Fsp3) is 0.647. The fourth-order valence-electron chi connectivity index (χ4n) is 4.09. The number of anilines is 1. The summed E-state index contributed by atoms with van der Waals surface area (Å²) >= 11 is 6.16. The van der Waals surface area contributed by atoms with Crippen molar-refractivity contribution in [3.05, 3.63) is 28.8 Å². The molecule has 116 valence electrons. The lowest BCUT2D eigenvalue weighted by molar-refractivity contribution is 0.102. The van der Waals surface area contributed by atoms with Gasteiger partial charge in [-0.25, -0.2) is 0 Å². The van der Waals surface area contributed by atoms with Crippen molar-refractivity contribution >= 4 is 17.3 Å². The first-order valence-corrected chi connectivity index (χ1v) is 8.50. The highest BCUT2D eigenvalue weighted by molar-refractivity contribution is 6.30. The van der Waals surface area contributed by atoms with Gasteiger partial charge in [0.25, 0.3) is 0 Å². The first-order chi connectivity index (χ1) is 10.2. The van der Waals surface area contributed by atoms with Gasteiger partial charge in [-0.15, -0.1) is 0 Å². The molecule has 2 saturated heterocycles. The van der Waals surface area contributed by atoms with Gasteiger partial charge in [0.15, 0.2) is 0 Å². The third-order valence-corrected chi connectivity index (χ3v) is 5.38. The molecule has 4 heteroatoms. The molecule has 0 spiro atoms. The van der Waals surface area contributed by atoms with Crippen molar-refractivity contribution in [2.45, 2.75) is 31.7 Å². The van der Waals surface area contributed by atoms with Crippen LogP contribution in [0.25, 0.3) is 0 Å². The minimum absolute atomic E-state index is 0.677. The van der Waals surface area contributed by atoms with E-state index >= 15 is 0 Å². The molecule has 2 fully saturated rings. The smallest absolute Gasteiger partial charge is 0.0410 e. The number of fused-ring (bicyclic) bond motifs is 1. The third-order valence-electron chi connectivity index (χ3n) is 5.14. The normalized spacial score (nSPS) is 26.7. The molecule has 0 aliphatic carbocycles. The van der Waals surface area contributed by atoms with Crippen LogP contribution in [-0.4, -0.2) is 44.2 Å². The highest BCUT2D eigenvalue weighted by Crippen LogP contribution is 2.34. The Balaban J connectivity index is 1.79. The van der Waals surface area contributed by atoms with E-state index in [1.165, 1.54) is 43.6 Å². The maximum absolute atomic E-state index is 6.16. The van der Waals surface area contributed by atoms with Crippen LogP contribution in [0.5, 0.6) is 0 Å². The standard InChI is InChI=1S/C17H26ClN3/c1-20-9-2-3-14-12-21(10-7-16(14)20)17-5-4-15(18)11-13(17)6-8-19/h4-5,11,14,16H,2-3,6-10,12,19H2,1H3. The minimum atomic E-state index is 0.677. The van der Waals surface area contributed by atoms with Crippen LogP contribution in [0.2, 0.25) is 5.02 Å². The van der Waals surface area contributed by atoms with E-state index in [1.54, 1.807) is 0 Å². The summed E-state index contributed by atoms with van der Waals surface area (Å²) < 4.78 is 0. The van der Waals surface area contributed by atoms with Crippen molar-refractivity contribution in [2.75, 3.05) is 38.1 Å². The van der Waals surface area contributed by atoms with Gasteiger partial charge >= 0.3 is 0 Å². The Morgan fingerprint density at radius 2 is 2.14 bits per heavy atom. The Morgan fingerprint density at radius 1 is 1.29 bits per heavy atom. The van der Waals surface area contributed by atoms with Gasteiger partial charge in [0.1, 0.15) is 0 Å². The average Bonchev–Trinajstić information content (AvgIpc) is 2.48. The Morgan fingerprint density at radius 3 is 2.95 bits per heavy atom. The molecule has 2 atom stereocenters. The summed E-state index contributed by atoms with van der Waals surface area (Å²) in [4.78, 5) is 5.12. The summed E-state index contributed by atoms with van der Waals surface area (Å²) in [6.07, 6.45) is 4.87. The zero-order valence-corrected chi connectivity index (χ0v) is 13.6. The highest BCUT2D eigenvalue weighted by Gasteiger charge is 2.34. The summed E-state index contributed by atoms with van der Waals surface area (Å²) in [7, 11) is 2.29. The van der Waals surface area contributed by atoms with E-state index in [2.05, 4.69) is 29.0 Å². The monoisotopic (exact) mass is 307 g/mol. The molecule has 0 saturated carbocycles. The second-order valence-corrected chi connectivity index (χ2v) is 6.93. The molecule has 0 bridgehead atoms. The summed E-state index contributed by atoms with van der Waals surface area (Å²) in [5, 5.41) is 0.814. The number of rotatable bonds is 3. The average molecular weight is 308 g/mol. The molecule has 21 heavy (non-hydrogen) atoms. The summed E-state index contributed by atoms with van der Waals surface area (Å²) in [6, 6.07) is 7.05. The Labute approximate surface area is 133 Å². The molecule has 0 aromatic heterocycles. The SMILES string of the molecule is CN1CCCC2CN(c3ccc(Cl)cc3CCN)CCC21. The lowest BCUT2D eigenvalue weighted by Gasteiger charge is -2.47. The molecule has 1 aromatic rings. The van der Waals surface area contributed by atoms with Crippen LogP contribution in [0, 0.1) is 5.92 Å². The molecule has 2 unspecified atom stereocenters. The zero-order chi connectivity index (χ0) is 14.8. The molecule has 3 rings (SSSR count). The maximum atomic E-state index is 6.16. The van der Waals surface area contributed by atoms with Crippen molar-refractivity contribution in [1.82, 2.24) is 4.90 Å². The Bertz CT molecular complexity index is 491. The predicted molar refractivity (Wildman–Crippen MR) is 90.2 cm³/mol. The number of nitrogens with two attached hydrogens (primary N) is 1. The van der Waals surface area contributed by atoms with Crippen molar-refractivity contribution in [3.8, 4) is 0 Å². The van der Waals surface area contributed by atoms with Crippen LogP contribution in [0.4, 0.5) is 5.69 Å². The summed E-state index contributed by atoms with van der Waals surface area (Å²) in [5.74, 6) is 0.805. The minimum Gasteiger partial charge on any atom is -0.371 e. The van der Waals surface area contributed by atoms with Gasteiger partial charge in [-0.3, -0.25) is 0 Å². The van der Waals surface area contributed by atoms with E-state index in [0.29, 0.717) is 6.54 Å². The van der Waals surface area contributed by atoms with Crippen LogP contribution in [0.15, 0.2) is 18.2 Å². The molecule has 2 aliphatic heterocycles. The van der Waals surface area contributed by atoms with Crippen molar-refractivity contribution in [2.24, 2.45) is 11.7 Å². The first kappa shape index (κ1) is 15.1. The molecule has 1 aromatic carbocycles. The summed E-state index contributed by atoms with van der Waals surface area (Å²) in [5.41, 5.74) is 8.41. The van der Waals surface area contributed by atoms with Crippen molar-refractivity contribution < 1.29 is 0 Å². The second kappa shape index (κ2) is 6.55. The van der Waals surface area contributed by atoms with Gasteiger partial charge in [-0.1, -0.05) is 11.6 Å². The lowest BCUT2D eigenvalue weighted by atomic mass is 9.84. The second-order valence-electron chi connectivity index (χ2n) is 6.50. The number of likely N-dealkylation sites (tertiary alicyclic amines) is 1. The molecule has 0 radical (unpaired) electrons. The van der Waals surface area contributed by atoms with E-state index in [9.17, 15) is 0 Å². The van der Waals surface area contributed by atoms with Gasteiger partial charge in [0.05, 0.1) is 0 Å². The highest BCUT2D eigenvalue weighted by atomic mass is 35.5. The molecule has 0 amide bonds. The van der Waals surface area contributed by atoms with E-state index in [0.717, 1.165) is 29.9 Å². The zero-order valence-electron chi connectivity index (χ0n) is 12.9. The summed E-state index contributed by atoms with van der Waals surface area (Å²) in [6.45, 7) is 4.26. The van der Waals surface area contributed by atoms with Crippen LogP contribution in [0.1, 0.15) is 24.8 Å². The largest absolute Gasteiger partial charge is 0.371 e. The van der Waals surface area contributed by atoms with E-state index in [4.69, 9.17) is 17.3 Å². The number of benzene rings is 1. The molecule has 2 N–H and O–H groups in total. The number of piperidine rings is 2. The van der Waals surface area contributed by atoms with Crippen LogP contribution >= 0.6 is 11.6 Å². The molecule has 3 nitrogen and oxygen atoms in total. The van der Waals surface area contributed by atoms with E-state index in [1.807, 2.05) is 6.07 Å². The van der Waals surface area contributed by atoms with E-state index in [-0.39, 0.29) is 0 Å². The molecular formula is C17H26ClN3. The van der Waals surface area contributed by atoms with Crippen LogP contribution < -0.4 is 10.6 Å². The van der Waals surface area contributed by atoms with Crippen molar-refractivity contribution in [3.63, 3.8) is 0 Å². The van der Waals surface area contributed by atoms with Gasteiger partial charge < -0.3 is 15.5 Å². The van der Waals surface area contributed by atoms with Gasteiger partial charge in [0.2, 0.25) is 0 Å². The predicted octanol–water partition coefficient (Wildman–Crippen LogP) is 2.76. The molecule has 2 aliphatic rings. The molecular weight excluding hydrogens is 282 g/mol. The van der Waals surface area contributed by atoms with Crippen molar-refractivity contribution in [1.29, 1.82) is 0 Å². The van der Waals surface area contributed by atoms with Crippen LogP contribution in [-0.2, 0) is 6.42 Å². The lowest BCUT2D eigenvalue weighted by Crippen LogP contribution is -2.52. The third kappa shape index (κ3) is 3.20. The number of nitrogens with zero attached hydrogens (tertiary/aromatic N) is 2. The van der Waals surface area contributed by atoms with Gasteiger partial charge in [-0.05, 0) is 75.5 Å². The van der Waals surface area contributed by atoms with E-state index < -0.39 is 0 Å². The first-order valence-electron chi connectivity index (χ1n) is 8.12. The Kier molecular flexibility index (Phi) is 4.72. The number of hydrogen-bond donors (Lipinski definition) is 1. The Hall–Kier alpha value is -0.770. The van der Waals surface area contributed by atoms with Crippen LogP contribution in [0.3, 0.4) is 0 Å².